The summed E-state index contributed by atoms with van der Waals surface area (Å²) in [5.41, 5.74) is -0.731. The van der Waals surface area contributed by atoms with E-state index in [1.807, 2.05) is 20.8 Å². The molecule has 34 heavy (non-hydrogen) atoms. The predicted molar refractivity (Wildman–Crippen MR) is 129 cm³/mol. The Morgan fingerprint density at radius 3 is 2.50 bits per heavy atom. The van der Waals surface area contributed by atoms with Crippen molar-refractivity contribution in [3.8, 4) is 0 Å². The molecule has 2 bridgehead atoms. The standard InChI is InChI=1S/C24H23Cl2N3O5/c1-22(2)23(3)9-10-24(22,21(31)27-15-7-8-17(25)18(26)12-15)13-19(23)28-34-20(30)14-5-4-6-16(11-14)29(32)33/h4-8,11-12H,9-10,13H2,1-3H3,(H,27,31)/b28-19-. The second-order valence-electron chi connectivity index (χ2n) is 9.52. The van der Waals surface area contributed by atoms with E-state index in [1.165, 1.54) is 18.2 Å². The van der Waals surface area contributed by atoms with E-state index in [4.69, 9.17) is 28.0 Å². The third kappa shape index (κ3) is 3.65. The number of hydrogen-bond donors (Lipinski definition) is 1. The number of carbonyl (C=O) groups excluding carboxylic acids is 2. The van der Waals surface area contributed by atoms with Gasteiger partial charge in [-0.15, -0.1) is 0 Å². The lowest BCUT2D eigenvalue weighted by molar-refractivity contribution is -0.384. The molecule has 0 spiro atoms. The minimum absolute atomic E-state index is 0.0261. The first kappa shape index (κ1) is 24.2. The van der Waals surface area contributed by atoms with Crippen LogP contribution in [0, 0.1) is 26.4 Å². The fourth-order valence-electron chi connectivity index (χ4n) is 5.24. The summed E-state index contributed by atoms with van der Waals surface area (Å²) >= 11 is 12.1. The van der Waals surface area contributed by atoms with Crippen molar-refractivity contribution >= 4 is 52.2 Å². The number of non-ortho nitro benzene ring substituents is 1. The van der Waals surface area contributed by atoms with E-state index < -0.39 is 27.1 Å². The van der Waals surface area contributed by atoms with Gasteiger partial charge in [0, 0.05) is 29.7 Å². The molecule has 0 heterocycles. The molecule has 2 unspecified atom stereocenters. The molecule has 2 fully saturated rings. The summed E-state index contributed by atoms with van der Waals surface area (Å²) in [4.78, 5) is 41.6. The second-order valence-corrected chi connectivity index (χ2v) is 10.3. The Balaban J connectivity index is 1.58. The van der Waals surface area contributed by atoms with Crippen molar-refractivity contribution in [2.45, 2.75) is 40.0 Å². The van der Waals surface area contributed by atoms with Crippen LogP contribution >= 0.6 is 23.2 Å². The molecule has 2 aliphatic carbocycles. The molecule has 2 aromatic rings. The Morgan fingerprint density at radius 2 is 1.82 bits per heavy atom. The van der Waals surface area contributed by atoms with Crippen LogP contribution in [0.2, 0.25) is 10.0 Å². The van der Waals surface area contributed by atoms with Gasteiger partial charge in [0.2, 0.25) is 5.91 Å². The van der Waals surface area contributed by atoms with E-state index in [0.717, 1.165) is 6.07 Å². The number of rotatable bonds is 5. The average Bonchev–Trinajstić information content (AvgIpc) is 3.10. The quantitative estimate of drug-likeness (QED) is 0.293. The fraction of sp³-hybridized carbons (Fsp3) is 0.375. The number of nitrogens with one attached hydrogen (secondary N) is 1. The molecular weight excluding hydrogens is 481 g/mol. The summed E-state index contributed by atoms with van der Waals surface area (Å²) in [5.74, 6) is -0.954. The van der Waals surface area contributed by atoms with Crippen molar-refractivity contribution in [1.29, 1.82) is 0 Å². The van der Waals surface area contributed by atoms with Crippen molar-refractivity contribution in [1.82, 2.24) is 0 Å². The van der Waals surface area contributed by atoms with Gasteiger partial charge < -0.3 is 10.2 Å². The van der Waals surface area contributed by atoms with Gasteiger partial charge in [0.25, 0.3) is 5.69 Å². The number of carbonyl (C=O) groups is 2. The summed E-state index contributed by atoms with van der Waals surface area (Å²) in [6.45, 7) is 6.08. The van der Waals surface area contributed by atoms with Crippen LogP contribution in [-0.4, -0.2) is 22.5 Å². The molecule has 1 amide bonds. The second kappa shape index (κ2) is 8.36. The maximum atomic E-state index is 13.5. The third-order valence-corrected chi connectivity index (χ3v) is 8.62. The van der Waals surface area contributed by atoms with E-state index in [9.17, 15) is 19.7 Å². The Bertz CT molecular complexity index is 1240. The van der Waals surface area contributed by atoms with Gasteiger partial charge >= 0.3 is 5.97 Å². The molecule has 0 aliphatic heterocycles. The van der Waals surface area contributed by atoms with E-state index in [2.05, 4.69) is 10.5 Å². The monoisotopic (exact) mass is 503 g/mol. The number of nitro benzene ring substituents is 1. The Kier molecular flexibility index (Phi) is 5.94. The smallest absolute Gasteiger partial charge is 0.326 e. The summed E-state index contributed by atoms with van der Waals surface area (Å²) in [7, 11) is 0. The highest BCUT2D eigenvalue weighted by Crippen LogP contribution is 2.71. The van der Waals surface area contributed by atoms with Gasteiger partial charge in [0.05, 0.1) is 31.7 Å². The molecule has 2 saturated carbocycles. The molecule has 0 aromatic heterocycles. The molecule has 1 N–H and O–H groups in total. The number of nitrogens with zero attached hydrogens (tertiary/aromatic N) is 2. The molecular formula is C24H23Cl2N3O5. The minimum Gasteiger partial charge on any atom is -0.326 e. The molecule has 0 saturated heterocycles. The maximum absolute atomic E-state index is 13.5. The van der Waals surface area contributed by atoms with Crippen molar-refractivity contribution in [3.05, 3.63) is 68.2 Å². The number of benzene rings is 2. The summed E-state index contributed by atoms with van der Waals surface area (Å²) in [5, 5.41) is 18.8. The van der Waals surface area contributed by atoms with E-state index in [1.54, 1.807) is 18.2 Å². The van der Waals surface area contributed by atoms with Gasteiger partial charge in [0.1, 0.15) is 0 Å². The summed E-state index contributed by atoms with van der Waals surface area (Å²) in [6, 6.07) is 10.2. The molecule has 0 radical (unpaired) electrons. The zero-order chi connectivity index (χ0) is 24.9. The van der Waals surface area contributed by atoms with Crippen LogP contribution in [0.4, 0.5) is 11.4 Å². The van der Waals surface area contributed by atoms with Gasteiger partial charge in [-0.1, -0.05) is 55.2 Å². The van der Waals surface area contributed by atoms with Crippen LogP contribution in [0.15, 0.2) is 47.6 Å². The zero-order valence-electron chi connectivity index (χ0n) is 18.9. The largest absolute Gasteiger partial charge is 0.365 e. The molecule has 2 atom stereocenters. The lowest BCUT2D eigenvalue weighted by Gasteiger charge is -2.39. The van der Waals surface area contributed by atoms with Crippen LogP contribution < -0.4 is 5.32 Å². The zero-order valence-corrected chi connectivity index (χ0v) is 20.4. The van der Waals surface area contributed by atoms with Gasteiger partial charge in [0.15, 0.2) is 0 Å². The molecule has 10 heteroatoms. The third-order valence-electron chi connectivity index (χ3n) is 7.88. The molecule has 4 rings (SSSR count). The predicted octanol–water partition coefficient (Wildman–Crippen LogP) is 6.27. The SMILES string of the molecule is CC12CCC(C(=O)Nc3ccc(Cl)c(Cl)c3)(C/C1=N/OC(=O)c1cccc([N+](=O)[O-])c1)C2(C)C. The Labute approximate surface area is 206 Å². The van der Waals surface area contributed by atoms with Gasteiger partial charge in [-0.25, -0.2) is 4.79 Å². The van der Waals surface area contributed by atoms with Crippen LogP contribution in [0.25, 0.3) is 0 Å². The molecule has 2 aliphatic rings. The average molecular weight is 504 g/mol. The first-order valence-corrected chi connectivity index (χ1v) is 11.5. The fourth-order valence-corrected chi connectivity index (χ4v) is 5.54. The Hall–Kier alpha value is -2.97. The number of nitro groups is 1. The number of anilines is 1. The number of halogens is 2. The highest BCUT2D eigenvalue weighted by molar-refractivity contribution is 6.42. The molecule has 178 valence electrons. The van der Waals surface area contributed by atoms with Crippen molar-refractivity contribution in [2.24, 2.45) is 21.4 Å². The van der Waals surface area contributed by atoms with Crippen LogP contribution in [0.3, 0.4) is 0 Å². The van der Waals surface area contributed by atoms with Gasteiger partial charge in [-0.05, 0) is 42.5 Å². The lowest BCUT2D eigenvalue weighted by Crippen LogP contribution is -2.43. The van der Waals surface area contributed by atoms with E-state index in [0.29, 0.717) is 40.7 Å². The first-order chi connectivity index (χ1) is 15.9. The van der Waals surface area contributed by atoms with Crippen molar-refractivity contribution < 1.29 is 19.3 Å². The van der Waals surface area contributed by atoms with Crippen molar-refractivity contribution in [3.63, 3.8) is 0 Å². The van der Waals surface area contributed by atoms with E-state index >= 15 is 0 Å². The van der Waals surface area contributed by atoms with Crippen molar-refractivity contribution in [2.75, 3.05) is 5.32 Å². The number of hydrogen-bond acceptors (Lipinski definition) is 6. The van der Waals surface area contributed by atoms with Gasteiger partial charge in [-0.3, -0.25) is 14.9 Å². The summed E-state index contributed by atoms with van der Waals surface area (Å²) in [6.07, 6.45) is 1.68. The summed E-state index contributed by atoms with van der Waals surface area (Å²) < 4.78 is 0. The highest BCUT2D eigenvalue weighted by atomic mass is 35.5. The highest BCUT2D eigenvalue weighted by Gasteiger charge is 2.71. The first-order valence-electron chi connectivity index (χ1n) is 10.7. The van der Waals surface area contributed by atoms with Crippen LogP contribution in [-0.2, 0) is 9.63 Å². The topological polar surface area (TPSA) is 111 Å². The Morgan fingerprint density at radius 1 is 1.09 bits per heavy atom. The normalized spacial score (nSPS) is 25.9. The number of oxime groups is 1. The number of amides is 1. The number of fused-ring (bicyclic) bond motifs is 2. The lowest BCUT2D eigenvalue weighted by atomic mass is 9.64. The van der Waals surface area contributed by atoms with Gasteiger partial charge in [-0.2, -0.15) is 0 Å². The maximum Gasteiger partial charge on any atom is 0.365 e. The minimum atomic E-state index is -0.797. The van der Waals surface area contributed by atoms with Crippen LogP contribution in [0.1, 0.15) is 50.4 Å². The van der Waals surface area contributed by atoms with Crippen LogP contribution in [0.5, 0.6) is 0 Å². The van der Waals surface area contributed by atoms with E-state index in [-0.39, 0.29) is 17.2 Å². The molecule has 2 aromatic carbocycles. The molecule has 8 nitrogen and oxygen atoms in total.